The lowest BCUT2D eigenvalue weighted by Crippen LogP contribution is -2.30. The Labute approximate surface area is 78.5 Å². The molecule has 0 aromatic rings. The second kappa shape index (κ2) is 10.9. The summed E-state index contributed by atoms with van der Waals surface area (Å²) in [5, 5.41) is 13.1. The highest BCUT2D eigenvalue weighted by Gasteiger charge is 2.06. The van der Waals surface area contributed by atoms with Crippen LogP contribution in [0.5, 0.6) is 0 Å². The molecule has 0 aromatic carbocycles. The van der Waals surface area contributed by atoms with Gasteiger partial charge < -0.3 is 15.7 Å². The highest BCUT2D eigenvalue weighted by atomic mass is 16.4. The smallest absolute Gasteiger partial charge is 0.394 e. The number of hydrogen-bond acceptors (Lipinski definition) is 3. The number of carbonyl (C=O) groups is 2. The van der Waals surface area contributed by atoms with Crippen LogP contribution < -0.4 is 10.6 Å². The zero-order valence-corrected chi connectivity index (χ0v) is 8.39. The fourth-order valence-electron chi connectivity index (χ4n) is 0.486. The van der Waals surface area contributed by atoms with Gasteiger partial charge in [-0.1, -0.05) is 13.8 Å². The van der Waals surface area contributed by atoms with Gasteiger partial charge in [0.1, 0.15) is 0 Å². The zero-order chi connectivity index (χ0) is 10.7. The molecule has 0 aliphatic carbocycles. The third-order valence-electron chi connectivity index (χ3n) is 1.03. The van der Waals surface area contributed by atoms with Gasteiger partial charge in [-0.15, -0.1) is 0 Å². The van der Waals surface area contributed by atoms with Crippen molar-refractivity contribution in [1.29, 1.82) is 0 Å². The first kappa shape index (κ1) is 14.4. The van der Waals surface area contributed by atoms with Crippen molar-refractivity contribution >= 4 is 11.9 Å². The Hall–Kier alpha value is -1.10. The van der Waals surface area contributed by atoms with Gasteiger partial charge in [0.05, 0.1) is 0 Å². The minimum Gasteiger partial charge on any atom is -0.474 e. The van der Waals surface area contributed by atoms with E-state index in [1.165, 1.54) is 0 Å². The maximum atomic E-state index is 10.0. The maximum Gasteiger partial charge on any atom is 0.394 e. The summed E-state index contributed by atoms with van der Waals surface area (Å²) in [4.78, 5) is 19.7. The minimum atomic E-state index is -1.44. The summed E-state index contributed by atoms with van der Waals surface area (Å²) in [6, 6.07) is 0. The van der Waals surface area contributed by atoms with Crippen molar-refractivity contribution < 1.29 is 14.7 Å². The lowest BCUT2D eigenvalue weighted by molar-refractivity contribution is -0.150. The third kappa shape index (κ3) is 13.8. The molecule has 5 nitrogen and oxygen atoms in total. The number of carboxylic acid groups (broad SMARTS) is 1. The number of hydrogen-bond donors (Lipinski definition) is 3. The number of carboxylic acids is 1. The van der Waals surface area contributed by atoms with Gasteiger partial charge in [-0.25, -0.2) is 4.79 Å². The Bertz CT molecular complexity index is 146. The monoisotopic (exact) mass is 190 g/mol. The topological polar surface area (TPSA) is 78.4 Å². The van der Waals surface area contributed by atoms with E-state index in [4.69, 9.17) is 5.11 Å². The lowest BCUT2D eigenvalue weighted by Gasteiger charge is -1.91. The standard InChI is InChI=1S/C4H7NO3.C4H11N/c1-2-5-3(6)4(7)8;1-3-5-4-2/h2H2,1H3,(H,5,6)(H,7,8);5H,3-4H2,1-2H3. The van der Waals surface area contributed by atoms with Crippen LogP contribution in [0, 0.1) is 0 Å². The van der Waals surface area contributed by atoms with Crippen LogP contribution in [0.3, 0.4) is 0 Å². The molecule has 0 bridgehead atoms. The zero-order valence-electron chi connectivity index (χ0n) is 8.39. The number of aliphatic carboxylic acids is 1. The quantitative estimate of drug-likeness (QED) is 0.540. The average Bonchev–Trinajstić information content (AvgIpc) is 2.07. The van der Waals surface area contributed by atoms with Crippen LogP contribution in [-0.2, 0) is 9.59 Å². The van der Waals surface area contributed by atoms with Crippen molar-refractivity contribution in [1.82, 2.24) is 10.6 Å². The normalized spacial score (nSPS) is 8.23. The SMILES string of the molecule is CCNC(=O)C(=O)O.CCNCC. The number of likely N-dealkylation sites (N-methyl/N-ethyl adjacent to an activating group) is 1. The number of nitrogens with one attached hydrogen (secondary N) is 2. The third-order valence-corrected chi connectivity index (χ3v) is 1.03. The van der Waals surface area contributed by atoms with Gasteiger partial charge in [0.15, 0.2) is 0 Å². The molecule has 0 unspecified atom stereocenters. The van der Waals surface area contributed by atoms with Crippen LogP contribution in [0.25, 0.3) is 0 Å². The molecule has 13 heavy (non-hydrogen) atoms. The molecule has 0 atom stereocenters. The highest BCUT2D eigenvalue weighted by Crippen LogP contribution is 1.62. The fourth-order valence-corrected chi connectivity index (χ4v) is 0.486. The molecule has 0 fully saturated rings. The molecule has 0 aliphatic heterocycles. The number of amides is 1. The Balaban J connectivity index is 0. The molecule has 0 aromatic heterocycles. The van der Waals surface area contributed by atoms with E-state index in [0.717, 1.165) is 13.1 Å². The predicted octanol–water partition coefficient (Wildman–Crippen LogP) is -0.177. The summed E-state index contributed by atoms with van der Waals surface area (Å²) in [5.74, 6) is -2.39. The molecular weight excluding hydrogens is 172 g/mol. The van der Waals surface area contributed by atoms with Crippen molar-refractivity contribution in [3.63, 3.8) is 0 Å². The molecule has 0 radical (unpaired) electrons. The minimum absolute atomic E-state index is 0.352. The summed E-state index contributed by atoms with van der Waals surface area (Å²) >= 11 is 0. The van der Waals surface area contributed by atoms with Crippen molar-refractivity contribution in [2.24, 2.45) is 0 Å². The van der Waals surface area contributed by atoms with Crippen molar-refractivity contribution in [2.45, 2.75) is 20.8 Å². The van der Waals surface area contributed by atoms with E-state index in [0.29, 0.717) is 6.54 Å². The molecule has 0 rings (SSSR count). The molecule has 0 spiro atoms. The van der Waals surface area contributed by atoms with Crippen LogP contribution in [0.15, 0.2) is 0 Å². The Morgan fingerprint density at radius 1 is 1.08 bits per heavy atom. The van der Waals surface area contributed by atoms with E-state index >= 15 is 0 Å². The average molecular weight is 190 g/mol. The van der Waals surface area contributed by atoms with Crippen LogP contribution >= 0.6 is 0 Å². The van der Waals surface area contributed by atoms with Gasteiger partial charge in [-0.2, -0.15) is 0 Å². The molecule has 1 amide bonds. The maximum absolute atomic E-state index is 10.0. The number of carbonyl (C=O) groups excluding carboxylic acids is 1. The second-order valence-corrected chi connectivity index (χ2v) is 2.12. The van der Waals surface area contributed by atoms with E-state index in [1.807, 2.05) is 0 Å². The van der Waals surface area contributed by atoms with Gasteiger partial charge in [0, 0.05) is 6.54 Å². The first-order valence-corrected chi connectivity index (χ1v) is 4.31. The summed E-state index contributed by atoms with van der Waals surface area (Å²) in [6.45, 7) is 8.39. The first-order chi connectivity index (χ1) is 6.09. The van der Waals surface area contributed by atoms with Crippen LogP contribution in [0.1, 0.15) is 20.8 Å². The summed E-state index contributed by atoms with van der Waals surface area (Å²) < 4.78 is 0. The van der Waals surface area contributed by atoms with Crippen LogP contribution in [0.2, 0.25) is 0 Å². The van der Waals surface area contributed by atoms with E-state index in [9.17, 15) is 9.59 Å². The summed E-state index contributed by atoms with van der Waals surface area (Å²) in [7, 11) is 0. The van der Waals surface area contributed by atoms with Crippen molar-refractivity contribution in [3.8, 4) is 0 Å². The van der Waals surface area contributed by atoms with Gasteiger partial charge in [0.2, 0.25) is 0 Å². The number of rotatable bonds is 3. The summed E-state index contributed by atoms with van der Waals surface area (Å²) in [6.07, 6.45) is 0. The van der Waals surface area contributed by atoms with Crippen molar-refractivity contribution in [3.05, 3.63) is 0 Å². The fraction of sp³-hybridized carbons (Fsp3) is 0.750. The van der Waals surface area contributed by atoms with Gasteiger partial charge in [-0.05, 0) is 20.0 Å². The predicted molar refractivity (Wildman–Crippen MR) is 50.5 cm³/mol. The Morgan fingerprint density at radius 3 is 1.62 bits per heavy atom. The molecule has 78 valence electrons. The van der Waals surface area contributed by atoms with Crippen LogP contribution in [-0.4, -0.2) is 36.6 Å². The molecule has 0 aliphatic rings. The summed E-state index contributed by atoms with van der Waals surface area (Å²) in [5.41, 5.74) is 0. The molecular formula is C8H18N2O3. The highest BCUT2D eigenvalue weighted by molar-refractivity contribution is 6.31. The Kier molecular flexibility index (Phi) is 12.1. The van der Waals surface area contributed by atoms with Crippen molar-refractivity contribution in [2.75, 3.05) is 19.6 Å². The van der Waals surface area contributed by atoms with E-state index < -0.39 is 11.9 Å². The van der Waals surface area contributed by atoms with Gasteiger partial charge in [0.25, 0.3) is 0 Å². The largest absolute Gasteiger partial charge is 0.474 e. The molecule has 3 N–H and O–H groups in total. The first-order valence-electron chi connectivity index (χ1n) is 4.31. The van der Waals surface area contributed by atoms with E-state index in [2.05, 4.69) is 24.5 Å². The Morgan fingerprint density at radius 2 is 1.54 bits per heavy atom. The lowest BCUT2D eigenvalue weighted by atomic mass is 10.6. The second-order valence-electron chi connectivity index (χ2n) is 2.12. The molecule has 5 heteroatoms. The van der Waals surface area contributed by atoms with Gasteiger partial charge in [-0.3, -0.25) is 4.79 Å². The van der Waals surface area contributed by atoms with Gasteiger partial charge >= 0.3 is 11.9 Å². The molecule has 0 saturated heterocycles. The van der Waals surface area contributed by atoms with E-state index in [1.54, 1.807) is 6.92 Å². The molecule has 0 heterocycles. The van der Waals surface area contributed by atoms with Crippen LogP contribution in [0.4, 0.5) is 0 Å². The molecule has 0 saturated carbocycles. The van der Waals surface area contributed by atoms with E-state index in [-0.39, 0.29) is 0 Å².